The summed E-state index contributed by atoms with van der Waals surface area (Å²) < 4.78 is 0. The van der Waals surface area contributed by atoms with E-state index < -0.39 is 0 Å². The van der Waals surface area contributed by atoms with Gasteiger partial charge in [-0.3, -0.25) is 10.1 Å². The average molecular weight is 354 g/mol. The molecule has 0 radical (unpaired) electrons. The van der Waals surface area contributed by atoms with Gasteiger partial charge in [-0.05, 0) is 29.7 Å². The van der Waals surface area contributed by atoms with Crippen LogP contribution in [-0.4, -0.2) is 35.0 Å². The molecule has 3 rings (SSSR count). The normalized spacial score (nSPS) is 21.3. The molecule has 0 saturated carbocycles. The number of thioether (sulfide) groups is 1. The van der Waals surface area contributed by atoms with Crippen LogP contribution in [0.25, 0.3) is 0 Å². The summed E-state index contributed by atoms with van der Waals surface area (Å²) in [6, 6.07) is 3.66. The maximum atomic E-state index is 12.4. The second-order valence-corrected chi connectivity index (χ2v) is 6.68. The van der Waals surface area contributed by atoms with Gasteiger partial charge in [0.2, 0.25) is 5.91 Å². The molecule has 1 aromatic carbocycles. The highest BCUT2D eigenvalue weighted by molar-refractivity contribution is 7.99. The number of amides is 1. The molecular formula is C13H15Cl3N2OS. The van der Waals surface area contributed by atoms with Crippen LogP contribution in [0.1, 0.15) is 11.1 Å². The van der Waals surface area contributed by atoms with E-state index in [4.69, 9.17) is 23.2 Å². The van der Waals surface area contributed by atoms with Crippen molar-refractivity contribution in [1.82, 2.24) is 10.2 Å². The summed E-state index contributed by atoms with van der Waals surface area (Å²) in [5.41, 5.74) is 2.20. The average Bonchev–Trinajstić information content (AvgIpc) is 2.91. The lowest BCUT2D eigenvalue weighted by molar-refractivity contribution is -0.133. The van der Waals surface area contributed by atoms with Gasteiger partial charge >= 0.3 is 0 Å². The zero-order valence-electron chi connectivity index (χ0n) is 10.7. The summed E-state index contributed by atoms with van der Waals surface area (Å²) in [7, 11) is 0. The molecule has 1 unspecified atom stereocenters. The zero-order valence-corrected chi connectivity index (χ0v) is 13.8. The Morgan fingerprint density at radius 2 is 2.20 bits per heavy atom. The van der Waals surface area contributed by atoms with Crippen LogP contribution in [0.4, 0.5) is 0 Å². The summed E-state index contributed by atoms with van der Waals surface area (Å²) in [5.74, 6) is 1.90. The van der Waals surface area contributed by atoms with Gasteiger partial charge in [-0.25, -0.2) is 0 Å². The standard InChI is InChI=1S/C13H14Cl2N2OS.ClH/c14-9-3-8-1-2-17(5-10(8)11(15)4-9)13(18)12-6-19-7-16-12;/h3-4,12,16H,1-2,5-7H2;1H. The van der Waals surface area contributed by atoms with Crippen LogP contribution in [0.3, 0.4) is 0 Å². The van der Waals surface area contributed by atoms with Crippen LogP contribution < -0.4 is 5.32 Å². The van der Waals surface area contributed by atoms with E-state index in [2.05, 4.69) is 5.32 Å². The third kappa shape index (κ3) is 3.20. The number of carbonyl (C=O) groups excluding carboxylic acids is 1. The van der Waals surface area contributed by atoms with E-state index in [0.29, 0.717) is 16.6 Å². The minimum atomic E-state index is -0.0439. The first kappa shape index (κ1) is 16.2. The minimum absolute atomic E-state index is 0. The number of carbonyl (C=O) groups is 1. The minimum Gasteiger partial charge on any atom is -0.337 e. The van der Waals surface area contributed by atoms with Crippen LogP contribution in [0.15, 0.2) is 12.1 Å². The lowest BCUT2D eigenvalue weighted by Crippen LogP contribution is -2.46. The highest BCUT2D eigenvalue weighted by Gasteiger charge is 2.30. The molecule has 1 aromatic rings. The van der Waals surface area contributed by atoms with Gasteiger partial charge in [0.05, 0.1) is 6.04 Å². The first-order chi connectivity index (χ1) is 9.15. The van der Waals surface area contributed by atoms with Gasteiger partial charge in [0.15, 0.2) is 0 Å². The van der Waals surface area contributed by atoms with Crippen molar-refractivity contribution in [1.29, 1.82) is 0 Å². The Balaban J connectivity index is 0.00000147. The third-order valence-corrected chi connectivity index (χ3v) is 5.07. The van der Waals surface area contributed by atoms with Crippen LogP contribution in [0, 0.1) is 0 Å². The molecule has 20 heavy (non-hydrogen) atoms. The quantitative estimate of drug-likeness (QED) is 0.842. The van der Waals surface area contributed by atoms with Crippen molar-refractivity contribution in [2.24, 2.45) is 0 Å². The van der Waals surface area contributed by atoms with Crippen molar-refractivity contribution >= 4 is 53.3 Å². The monoisotopic (exact) mass is 352 g/mol. The van der Waals surface area contributed by atoms with Gasteiger partial charge in [0, 0.05) is 34.8 Å². The number of benzene rings is 1. The van der Waals surface area contributed by atoms with Gasteiger partial charge in [-0.15, -0.1) is 24.2 Å². The first-order valence-electron chi connectivity index (χ1n) is 6.22. The zero-order chi connectivity index (χ0) is 13.4. The molecule has 0 aromatic heterocycles. The molecule has 1 atom stereocenters. The molecule has 2 aliphatic rings. The maximum Gasteiger partial charge on any atom is 0.240 e. The van der Waals surface area contributed by atoms with Gasteiger partial charge in [-0.2, -0.15) is 0 Å². The predicted octanol–water partition coefficient (Wildman–Crippen LogP) is 2.96. The van der Waals surface area contributed by atoms with E-state index in [1.165, 1.54) is 0 Å². The highest BCUT2D eigenvalue weighted by Crippen LogP contribution is 2.30. The number of halogens is 3. The summed E-state index contributed by atoms with van der Waals surface area (Å²) in [6.07, 6.45) is 0.821. The van der Waals surface area contributed by atoms with Crippen LogP contribution in [0.2, 0.25) is 10.0 Å². The molecule has 0 aliphatic carbocycles. The molecule has 1 saturated heterocycles. The number of hydrogen-bond acceptors (Lipinski definition) is 3. The molecule has 2 aliphatic heterocycles. The first-order valence-corrected chi connectivity index (χ1v) is 8.13. The molecule has 3 nitrogen and oxygen atoms in total. The number of rotatable bonds is 1. The molecule has 2 heterocycles. The molecule has 0 spiro atoms. The summed E-state index contributed by atoms with van der Waals surface area (Å²) in [4.78, 5) is 14.3. The number of nitrogens with zero attached hydrogens (tertiary/aromatic N) is 1. The second-order valence-electron chi connectivity index (χ2n) is 4.81. The van der Waals surface area contributed by atoms with Gasteiger partial charge in [0.1, 0.15) is 0 Å². The van der Waals surface area contributed by atoms with Crippen LogP contribution in [-0.2, 0) is 17.8 Å². The number of fused-ring (bicyclic) bond motifs is 1. The van der Waals surface area contributed by atoms with Gasteiger partial charge in [-0.1, -0.05) is 23.2 Å². The van der Waals surface area contributed by atoms with Crippen LogP contribution >= 0.6 is 47.4 Å². The molecule has 1 fully saturated rings. The summed E-state index contributed by atoms with van der Waals surface area (Å²) >= 11 is 14.0. The van der Waals surface area contributed by atoms with Crippen LogP contribution in [0.5, 0.6) is 0 Å². The third-order valence-electron chi connectivity index (χ3n) is 3.58. The van der Waals surface area contributed by atoms with Crippen molar-refractivity contribution in [3.8, 4) is 0 Å². The molecule has 0 bridgehead atoms. The van der Waals surface area contributed by atoms with E-state index in [1.807, 2.05) is 11.0 Å². The Hall–Kier alpha value is -0.130. The highest BCUT2D eigenvalue weighted by atomic mass is 35.5. The Bertz CT molecular complexity index is 521. The molecule has 7 heteroatoms. The fourth-order valence-electron chi connectivity index (χ4n) is 2.54. The summed E-state index contributed by atoms with van der Waals surface area (Å²) in [6.45, 7) is 1.33. The van der Waals surface area contributed by atoms with Gasteiger partial charge < -0.3 is 4.90 Å². The number of nitrogens with one attached hydrogen (secondary N) is 1. The number of hydrogen-bond donors (Lipinski definition) is 1. The summed E-state index contributed by atoms with van der Waals surface area (Å²) in [5, 5.41) is 4.54. The largest absolute Gasteiger partial charge is 0.337 e. The smallest absolute Gasteiger partial charge is 0.240 e. The van der Waals surface area contributed by atoms with E-state index in [-0.39, 0.29) is 24.4 Å². The Morgan fingerprint density at radius 3 is 2.90 bits per heavy atom. The lowest BCUT2D eigenvalue weighted by Gasteiger charge is -2.31. The topological polar surface area (TPSA) is 32.3 Å². The molecule has 110 valence electrons. The van der Waals surface area contributed by atoms with E-state index in [1.54, 1.807) is 17.8 Å². The Morgan fingerprint density at radius 1 is 1.40 bits per heavy atom. The lowest BCUT2D eigenvalue weighted by atomic mass is 9.99. The second kappa shape index (κ2) is 6.75. The maximum absolute atomic E-state index is 12.4. The van der Waals surface area contributed by atoms with Crippen molar-refractivity contribution in [2.45, 2.75) is 19.0 Å². The molecule has 1 N–H and O–H groups in total. The van der Waals surface area contributed by atoms with Crippen molar-refractivity contribution < 1.29 is 4.79 Å². The van der Waals surface area contributed by atoms with E-state index >= 15 is 0 Å². The van der Waals surface area contributed by atoms with Crippen molar-refractivity contribution in [3.63, 3.8) is 0 Å². The Kier molecular flexibility index (Phi) is 5.49. The van der Waals surface area contributed by atoms with Crippen molar-refractivity contribution in [3.05, 3.63) is 33.3 Å². The molecule has 1 amide bonds. The Labute approximate surface area is 138 Å². The predicted molar refractivity (Wildman–Crippen MR) is 87.1 cm³/mol. The van der Waals surface area contributed by atoms with E-state index in [0.717, 1.165) is 35.7 Å². The fourth-order valence-corrected chi connectivity index (χ4v) is 4.07. The van der Waals surface area contributed by atoms with Crippen molar-refractivity contribution in [2.75, 3.05) is 18.2 Å². The van der Waals surface area contributed by atoms with E-state index in [9.17, 15) is 4.79 Å². The SMILES string of the molecule is Cl.O=C(C1CSCN1)N1CCc2cc(Cl)cc(Cl)c2C1. The fraction of sp³-hybridized carbons (Fsp3) is 0.462. The molecular weight excluding hydrogens is 339 g/mol. The van der Waals surface area contributed by atoms with Gasteiger partial charge in [0.25, 0.3) is 0 Å².